The number of hydrogen-bond acceptors (Lipinski definition) is 2. The van der Waals surface area contributed by atoms with Crippen LogP contribution in [0.25, 0.3) is 21.5 Å². The quantitative estimate of drug-likeness (QED) is 0.0753. The van der Waals surface area contributed by atoms with E-state index < -0.39 is 0 Å². The molecule has 0 aliphatic heterocycles. The monoisotopic (exact) mass is 590 g/mol. The molecule has 4 aromatic carbocycles. The van der Waals surface area contributed by atoms with Gasteiger partial charge in [0.1, 0.15) is 11.5 Å². The first-order chi connectivity index (χ1) is 21.7. The molecule has 2 nitrogen and oxygen atoms in total. The third kappa shape index (κ3) is 11.9. The van der Waals surface area contributed by atoms with Gasteiger partial charge in [0, 0.05) is 11.1 Å². The van der Waals surface area contributed by atoms with Crippen molar-refractivity contribution in [1.29, 1.82) is 0 Å². The number of unbranched alkanes of at least 4 members (excludes halogenated alkanes) is 14. The lowest BCUT2D eigenvalue weighted by Gasteiger charge is -2.08. The van der Waals surface area contributed by atoms with Crippen LogP contribution in [0.1, 0.15) is 128 Å². The molecule has 4 rings (SSSR count). The van der Waals surface area contributed by atoms with E-state index in [1.807, 2.05) is 0 Å². The molecule has 0 N–H and O–H groups in total. The van der Waals surface area contributed by atoms with Crippen LogP contribution in [0.4, 0.5) is 0 Å². The summed E-state index contributed by atoms with van der Waals surface area (Å²) in [5.41, 5.74) is 2.05. The predicted octanol–water partition coefficient (Wildman–Crippen LogP) is 12.4. The highest BCUT2D eigenvalue weighted by Gasteiger charge is 2.02. The van der Waals surface area contributed by atoms with Gasteiger partial charge in [-0.2, -0.15) is 0 Å². The minimum absolute atomic E-state index is 0.795. The van der Waals surface area contributed by atoms with Crippen molar-refractivity contribution in [3.8, 4) is 23.3 Å². The Kier molecular flexibility index (Phi) is 15.0. The number of benzene rings is 4. The van der Waals surface area contributed by atoms with E-state index in [1.54, 1.807) is 0 Å². The van der Waals surface area contributed by atoms with Crippen molar-refractivity contribution in [3.63, 3.8) is 0 Å². The third-order valence-electron chi connectivity index (χ3n) is 8.51. The molecule has 0 saturated heterocycles. The van der Waals surface area contributed by atoms with Crippen molar-refractivity contribution in [1.82, 2.24) is 0 Å². The van der Waals surface area contributed by atoms with E-state index in [2.05, 4.69) is 98.5 Å². The van der Waals surface area contributed by atoms with Crippen LogP contribution >= 0.6 is 0 Å². The molecule has 0 atom stereocenters. The number of hydrogen-bond donors (Lipinski definition) is 0. The number of rotatable bonds is 20. The standard InChI is InChI=1S/C42H54O2/c1-3-5-7-9-11-13-15-17-29-43-41-27-25-37-31-35(21-23-39(37)33-41)19-20-36-22-24-40-34-42(28-26-38(40)32-36)44-30-18-16-14-12-10-8-6-4-2/h21-28,31-34H,3-18,29-30H2,1-2H3. The average Bonchev–Trinajstić information content (AvgIpc) is 3.05. The molecule has 0 aromatic heterocycles. The highest BCUT2D eigenvalue weighted by molar-refractivity contribution is 5.86. The first-order valence-corrected chi connectivity index (χ1v) is 17.6. The molecule has 234 valence electrons. The van der Waals surface area contributed by atoms with Crippen LogP contribution in [0.5, 0.6) is 11.5 Å². The maximum absolute atomic E-state index is 6.05. The predicted molar refractivity (Wildman–Crippen MR) is 190 cm³/mol. The average molecular weight is 591 g/mol. The van der Waals surface area contributed by atoms with Gasteiger partial charge in [0.2, 0.25) is 0 Å². The van der Waals surface area contributed by atoms with Gasteiger partial charge in [0.25, 0.3) is 0 Å². The van der Waals surface area contributed by atoms with Crippen LogP contribution in [0.15, 0.2) is 72.8 Å². The van der Waals surface area contributed by atoms with E-state index in [1.165, 1.54) is 111 Å². The van der Waals surface area contributed by atoms with Gasteiger partial charge in [0.15, 0.2) is 0 Å². The Hall–Kier alpha value is -3.44. The van der Waals surface area contributed by atoms with Gasteiger partial charge in [0.05, 0.1) is 13.2 Å². The van der Waals surface area contributed by atoms with Crippen LogP contribution in [-0.4, -0.2) is 13.2 Å². The van der Waals surface area contributed by atoms with Gasteiger partial charge in [-0.15, -0.1) is 0 Å². The molecule has 4 aromatic rings. The Labute approximate surface area is 267 Å². The van der Waals surface area contributed by atoms with Crippen molar-refractivity contribution < 1.29 is 9.47 Å². The first-order valence-electron chi connectivity index (χ1n) is 17.6. The summed E-state index contributed by atoms with van der Waals surface area (Å²) in [5.74, 6) is 8.64. The minimum Gasteiger partial charge on any atom is -0.494 e. The fourth-order valence-electron chi connectivity index (χ4n) is 5.78. The Balaban J connectivity index is 1.22. The molecule has 0 aliphatic rings. The van der Waals surface area contributed by atoms with Crippen molar-refractivity contribution in [2.45, 2.75) is 117 Å². The normalized spacial score (nSPS) is 11.0. The lowest BCUT2D eigenvalue weighted by Crippen LogP contribution is -1.97. The van der Waals surface area contributed by atoms with Crippen LogP contribution < -0.4 is 9.47 Å². The maximum atomic E-state index is 6.05. The summed E-state index contributed by atoms with van der Waals surface area (Å²) in [6.45, 7) is 6.13. The molecule has 0 saturated carbocycles. The highest BCUT2D eigenvalue weighted by Crippen LogP contribution is 2.24. The second kappa shape index (κ2) is 19.8. The van der Waals surface area contributed by atoms with Gasteiger partial charge in [-0.3, -0.25) is 0 Å². The smallest absolute Gasteiger partial charge is 0.119 e. The molecule has 2 heteroatoms. The van der Waals surface area contributed by atoms with Crippen LogP contribution in [-0.2, 0) is 0 Å². The third-order valence-corrected chi connectivity index (χ3v) is 8.51. The molecule has 0 amide bonds. The fraction of sp³-hybridized carbons (Fsp3) is 0.476. The molecular formula is C42H54O2. The van der Waals surface area contributed by atoms with Gasteiger partial charge in [-0.1, -0.05) is 140 Å². The second-order valence-corrected chi connectivity index (χ2v) is 12.3. The van der Waals surface area contributed by atoms with Gasteiger partial charge < -0.3 is 9.47 Å². The highest BCUT2D eigenvalue weighted by atomic mass is 16.5. The summed E-state index contributed by atoms with van der Waals surface area (Å²) in [7, 11) is 0. The van der Waals surface area contributed by atoms with Crippen LogP contribution in [0.3, 0.4) is 0 Å². The summed E-state index contributed by atoms with van der Waals surface area (Å²) in [6, 6.07) is 25.6. The molecule has 0 unspecified atom stereocenters. The Morgan fingerprint density at radius 1 is 0.386 bits per heavy atom. The zero-order valence-electron chi connectivity index (χ0n) is 27.5. The zero-order chi connectivity index (χ0) is 30.7. The molecule has 0 aliphatic carbocycles. The fourth-order valence-corrected chi connectivity index (χ4v) is 5.78. The molecular weight excluding hydrogens is 536 g/mol. The van der Waals surface area contributed by atoms with E-state index >= 15 is 0 Å². The Bertz CT molecular complexity index is 1350. The van der Waals surface area contributed by atoms with Crippen molar-refractivity contribution in [2.75, 3.05) is 13.2 Å². The van der Waals surface area contributed by atoms with Crippen molar-refractivity contribution >= 4 is 21.5 Å². The lowest BCUT2D eigenvalue weighted by atomic mass is 10.0. The van der Waals surface area contributed by atoms with E-state index in [0.717, 1.165) is 48.7 Å². The first kappa shape index (κ1) is 33.5. The maximum Gasteiger partial charge on any atom is 0.119 e. The Morgan fingerprint density at radius 2 is 0.727 bits per heavy atom. The number of ether oxygens (including phenoxy) is 2. The van der Waals surface area contributed by atoms with E-state index in [9.17, 15) is 0 Å². The molecule has 0 spiro atoms. The summed E-state index contributed by atoms with van der Waals surface area (Å²) >= 11 is 0. The number of fused-ring (bicyclic) bond motifs is 2. The summed E-state index contributed by atoms with van der Waals surface area (Å²) in [4.78, 5) is 0. The largest absolute Gasteiger partial charge is 0.494 e. The van der Waals surface area contributed by atoms with Gasteiger partial charge >= 0.3 is 0 Å². The Morgan fingerprint density at radius 3 is 1.14 bits per heavy atom. The lowest BCUT2D eigenvalue weighted by molar-refractivity contribution is 0.304. The molecule has 0 bridgehead atoms. The second-order valence-electron chi connectivity index (χ2n) is 12.3. The van der Waals surface area contributed by atoms with E-state index in [-0.39, 0.29) is 0 Å². The summed E-state index contributed by atoms with van der Waals surface area (Å²) in [6.07, 6.45) is 21.0. The SMILES string of the molecule is CCCCCCCCCCOc1ccc2cc(C#Cc3ccc4cc(OCCCCCCCCCC)ccc4c3)ccc2c1. The minimum atomic E-state index is 0.795. The molecule has 44 heavy (non-hydrogen) atoms. The van der Waals surface area contributed by atoms with Crippen molar-refractivity contribution in [3.05, 3.63) is 83.9 Å². The topological polar surface area (TPSA) is 18.5 Å². The molecule has 0 fully saturated rings. The van der Waals surface area contributed by atoms with Gasteiger partial charge in [-0.25, -0.2) is 0 Å². The zero-order valence-corrected chi connectivity index (χ0v) is 27.5. The molecule has 0 radical (unpaired) electrons. The summed E-state index contributed by atoms with van der Waals surface area (Å²) in [5, 5.41) is 4.76. The van der Waals surface area contributed by atoms with E-state index in [0.29, 0.717) is 0 Å². The van der Waals surface area contributed by atoms with Crippen LogP contribution in [0, 0.1) is 11.8 Å². The van der Waals surface area contributed by atoms with Gasteiger partial charge in [-0.05, 0) is 82.9 Å². The molecule has 0 heterocycles. The van der Waals surface area contributed by atoms with Crippen LogP contribution in [0.2, 0.25) is 0 Å². The summed E-state index contributed by atoms with van der Waals surface area (Å²) < 4.78 is 12.1. The van der Waals surface area contributed by atoms with Crippen molar-refractivity contribution in [2.24, 2.45) is 0 Å². The van der Waals surface area contributed by atoms with E-state index in [4.69, 9.17) is 9.47 Å².